The van der Waals surface area contributed by atoms with E-state index >= 15 is 0 Å². The minimum atomic E-state index is -3.46. The van der Waals surface area contributed by atoms with Crippen LogP contribution < -0.4 is 10.6 Å². The lowest BCUT2D eigenvalue weighted by Gasteiger charge is -2.25. The first-order chi connectivity index (χ1) is 14.0. The fourth-order valence-corrected chi connectivity index (χ4v) is 5.73. The number of hydrogen-bond donors (Lipinski definition) is 2. The predicted molar refractivity (Wildman–Crippen MR) is 128 cm³/mol. The van der Waals surface area contributed by atoms with Gasteiger partial charge >= 0.3 is 0 Å². The van der Waals surface area contributed by atoms with Crippen molar-refractivity contribution in [3.05, 3.63) is 52.7 Å². The summed E-state index contributed by atoms with van der Waals surface area (Å²) in [6.45, 7) is 2.75. The van der Waals surface area contributed by atoms with Crippen molar-refractivity contribution in [1.82, 2.24) is 14.9 Å². The molecule has 1 aromatic carbocycles. The number of thiophene rings is 1. The van der Waals surface area contributed by atoms with Gasteiger partial charge in [0, 0.05) is 31.6 Å². The fourth-order valence-electron chi connectivity index (χ4n) is 2.87. The van der Waals surface area contributed by atoms with Crippen molar-refractivity contribution in [2.75, 3.05) is 39.9 Å². The molecule has 2 aromatic rings. The maximum absolute atomic E-state index is 12.9. The van der Waals surface area contributed by atoms with Gasteiger partial charge in [-0.15, -0.1) is 35.3 Å². The van der Waals surface area contributed by atoms with Crippen molar-refractivity contribution in [2.24, 2.45) is 4.99 Å². The van der Waals surface area contributed by atoms with Crippen LogP contribution in [-0.4, -0.2) is 58.6 Å². The lowest BCUT2D eigenvalue weighted by molar-refractivity contribution is 0.0731. The maximum atomic E-state index is 12.9. The zero-order chi connectivity index (χ0) is 20.7. The topological polar surface area (TPSA) is 83.0 Å². The van der Waals surface area contributed by atoms with Gasteiger partial charge in [0.2, 0.25) is 0 Å². The minimum Gasteiger partial charge on any atom is -0.379 e. The smallest absolute Gasteiger partial charge is 0.252 e. The summed E-state index contributed by atoms with van der Waals surface area (Å²) < 4.78 is 45.4. The van der Waals surface area contributed by atoms with E-state index in [2.05, 4.69) is 15.6 Å². The molecule has 0 aliphatic carbocycles. The van der Waals surface area contributed by atoms with E-state index in [1.54, 1.807) is 25.2 Å². The number of morpholine rings is 1. The summed E-state index contributed by atoms with van der Waals surface area (Å²) in [7, 11) is -1.79. The second-order valence-corrected chi connectivity index (χ2v) is 9.80. The molecule has 2 heterocycles. The van der Waals surface area contributed by atoms with Gasteiger partial charge in [0.05, 0.1) is 19.8 Å². The molecule has 2 N–H and O–H groups in total. The van der Waals surface area contributed by atoms with Crippen LogP contribution in [0.4, 0.5) is 4.39 Å². The Morgan fingerprint density at radius 1 is 1.17 bits per heavy atom. The largest absolute Gasteiger partial charge is 0.379 e. The van der Waals surface area contributed by atoms with Crippen LogP contribution in [0.3, 0.4) is 0 Å². The third-order valence-electron chi connectivity index (χ3n) is 4.47. The van der Waals surface area contributed by atoms with Gasteiger partial charge in [0.25, 0.3) is 10.0 Å². The van der Waals surface area contributed by atoms with E-state index in [1.165, 1.54) is 27.8 Å². The molecule has 1 aliphatic rings. The van der Waals surface area contributed by atoms with E-state index in [9.17, 15) is 12.8 Å². The van der Waals surface area contributed by atoms with Crippen LogP contribution >= 0.6 is 35.3 Å². The van der Waals surface area contributed by atoms with Crippen molar-refractivity contribution >= 4 is 51.3 Å². The number of halogens is 2. The van der Waals surface area contributed by atoms with Gasteiger partial charge in [-0.2, -0.15) is 4.31 Å². The molecule has 0 radical (unpaired) electrons. The molecule has 0 amide bonds. The molecule has 0 bridgehead atoms. The van der Waals surface area contributed by atoms with Gasteiger partial charge < -0.3 is 15.4 Å². The molecule has 11 heteroatoms. The number of ether oxygens (including phenoxy) is 1. The van der Waals surface area contributed by atoms with E-state index < -0.39 is 10.0 Å². The lowest BCUT2D eigenvalue weighted by Crippen LogP contribution is -2.40. The first-order valence-corrected chi connectivity index (χ1v) is 11.6. The minimum absolute atomic E-state index is 0. The Morgan fingerprint density at radius 2 is 1.87 bits per heavy atom. The lowest BCUT2D eigenvalue weighted by atomic mass is 10.1. The molecular formula is C19H26FIN4O3S2. The summed E-state index contributed by atoms with van der Waals surface area (Å²) in [5.41, 5.74) is 1.03. The molecular weight excluding hydrogens is 542 g/mol. The highest BCUT2D eigenvalue weighted by Gasteiger charge is 2.27. The second-order valence-electron chi connectivity index (χ2n) is 6.47. The number of guanidine groups is 1. The summed E-state index contributed by atoms with van der Waals surface area (Å²) in [6.07, 6.45) is 0.738. The highest BCUT2D eigenvalue weighted by atomic mass is 127. The average Bonchev–Trinajstić information content (AvgIpc) is 3.22. The van der Waals surface area contributed by atoms with Crippen molar-refractivity contribution in [3.63, 3.8) is 0 Å². The quantitative estimate of drug-likeness (QED) is 0.305. The highest BCUT2D eigenvalue weighted by molar-refractivity contribution is 14.0. The van der Waals surface area contributed by atoms with E-state index in [0.717, 1.165) is 16.9 Å². The van der Waals surface area contributed by atoms with Gasteiger partial charge in [0.1, 0.15) is 10.0 Å². The standard InChI is InChI=1S/C19H25FN4O3S2.HI/c1-21-19(22-9-8-15-2-4-16(20)5-3-15)23-14-17-6-7-18(28-17)29(25,26)24-10-12-27-13-11-24;/h2-7H,8-14H2,1H3,(H2,21,22,23);1H. The normalized spacial score (nSPS) is 15.5. The van der Waals surface area contributed by atoms with Crippen LogP contribution in [0.2, 0.25) is 0 Å². The summed E-state index contributed by atoms with van der Waals surface area (Å²) in [5, 5.41) is 6.39. The average molecular weight is 568 g/mol. The van der Waals surface area contributed by atoms with Gasteiger partial charge in [0.15, 0.2) is 5.96 Å². The Hall–Kier alpha value is -1.28. The van der Waals surface area contributed by atoms with Crippen LogP contribution in [-0.2, 0) is 27.7 Å². The molecule has 1 aromatic heterocycles. The summed E-state index contributed by atoms with van der Waals surface area (Å²) in [6, 6.07) is 9.88. The molecule has 7 nitrogen and oxygen atoms in total. The summed E-state index contributed by atoms with van der Waals surface area (Å²) >= 11 is 1.26. The molecule has 1 aliphatic heterocycles. The Labute approximate surface area is 197 Å². The zero-order valence-electron chi connectivity index (χ0n) is 16.6. The molecule has 0 atom stereocenters. The monoisotopic (exact) mass is 568 g/mol. The third kappa shape index (κ3) is 6.87. The number of aliphatic imine (C=N–C) groups is 1. The fraction of sp³-hybridized carbons (Fsp3) is 0.421. The molecule has 1 saturated heterocycles. The van der Waals surface area contributed by atoms with Crippen LogP contribution in [0.5, 0.6) is 0 Å². The van der Waals surface area contributed by atoms with Crippen LogP contribution in [0.1, 0.15) is 10.4 Å². The number of nitrogens with one attached hydrogen (secondary N) is 2. The van der Waals surface area contributed by atoms with Crippen LogP contribution in [0, 0.1) is 5.82 Å². The third-order valence-corrected chi connectivity index (χ3v) is 7.93. The van der Waals surface area contributed by atoms with Crippen molar-refractivity contribution in [1.29, 1.82) is 0 Å². The van der Waals surface area contributed by atoms with E-state index in [-0.39, 0.29) is 29.8 Å². The van der Waals surface area contributed by atoms with E-state index in [0.29, 0.717) is 49.6 Å². The molecule has 1 fully saturated rings. The summed E-state index contributed by atoms with van der Waals surface area (Å²) in [5.74, 6) is 0.378. The molecule has 0 unspecified atom stereocenters. The van der Waals surface area contributed by atoms with Gasteiger partial charge in [-0.05, 0) is 36.2 Å². The maximum Gasteiger partial charge on any atom is 0.252 e. The number of benzene rings is 1. The first kappa shape index (κ1) is 25.0. The summed E-state index contributed by atoms with van der Waals surface area (Å²) in [4.78, 5) is 5.08. The Kier molecular flexibility index (Phi) is 9.94. The molecule has 166 valence electrons. The number of hydrogen-bond acceptors (Lipinski definition) is 5. The van der Waals surface area contributed by atoms with Gasteiger partial charge in [-0.1, -0.05) is 12.1 Å². The zero-order valence-corrected chi connectivity index (χ0v) is 20.6. The van der Waals surface area contributed by atoms with E-state index in [4.69, 9.17) is 4.74 Å². The Balaban J connectivity index is 0.00000320. The van der Waals surface area contributed by atoms with Gasteiger partial charge in [-0.25, -0.2) is 12.8 Å². The molecule has 0 spiro atoms. The number of nitrogens with zero attached hydrogens (tertiary/aromatic N) is 2. The Bertz CT molecular complexity index is 930. The predicted octanol–water partition coefficient (Wildman–Crippen LogP) is 2.43. The van der Waals surface area contributed by atoms with Gasteiger partial charge in [-0.3, -0.25) is 4.99 Å². The first-order valence-electron chi connectivity index (χ1n) is 9.34. The molecule has 3 rings (SSSR count). The van der Waals surface area contributed by atoms with E-state index in [1.807, 2.05) is 6.07 Å². The second kappa shape index (κ2) is 11.9. The van der Waals surface area contributed by atoms with Crippen LogP contribution in [0.15, 0.2) is 45.6 Å². The SMILES string of the molecule is CN=C(NCCc1ccc(F)cc1)NCc1ccc(S(=O)(=O)N2CCOCC2)s1.I. The highest BCUT2D eigenvalue weighted by Crippen LogP contribution is 2.25. The Morgan fingerprint density at radius 3 is 2.53 bits per heavy atom. The van der Waals surface area contributed by atoms with Crippen molar-refractivity contribution in [2.45, 2.75) is 17.2 Å². The van der Waals surface area contributed by atoms with Crippen molar-refractivity contribution < 1.29 is 17.5 Å². The number of sulfonamides is 1. The molecule has 0 saturated carbocycles. The number of rotatable bonds is 7. The van der Waals surface area contributed by atoms with Crippen LogP contribution in [0.25, 0.3) is 0 Å². The molecule has 30 heavy (non-hydrogen) atoms. The van der Waals surface area contributed by atoms with Crippen molar-refractivity contribution in [3.8, 4) is 0 Å².